The largest absolute Gasteiger partial charge is 0.312 e. The van der Waals surface area contributed by atoms with Crippen molar-refractivity contribution < 1.29 is 9.18 Å². The second kappa shape index (κ2) is 4.11. The van der Waals surface area contributed by atoms with Gasteiger partial charge in [-0.2, -0.15) is 0 Å². The number of nitrogens with zero attached hydrogens (tertiary/aromatic N) is 1. The highest BCUT2D eigenvalue weighted by Crippen LogP contribution is 2.22. The van der Waals surface area contributed by atoms with E-state index in [0.717, 1.165) is 0 Å². The lowest BCUT2D eigenvalue weighted by Crippen LogP contribution is -2.34. The Morgan fingerprint density at radius 2 is 2.18 bits per heavy atom. The molecule has 0 unspecified atom stereocenters. The summed E-state index contributed by atoms with van der Waals surface area (Å²) in [6.45, 7) is 3.41. The standard InChI is InChI=1S/C12H12ClFN2O/c1-12(2)11(17)15-10(16-12)6-7-8(13)4-3-5-9(7)14/h3-5H,6H2,1-2H3,(H,15,16,17). The third-order valence-corrected chi connectivity index (χ3v) is 2.99. The van der Waals surface area contributed by atoms with Gasteiger partial charge in [0.1, 0.15) is 17.2 Å². The van der Waals surface area contributed by atoms with Crippen molar-refractivity contribution in [3.05, 3.63) is 34.6 Å². The molecule has 0 radical (unpaired) electrons. The first kappa shape index (κ1) is 12.0. The van der Waals surface area contributed by atoms with Crippen LogP contribution in [-0.4, -0.2) is 17.3 Å². The number of carbonyl (C=O) groups is 1. The van der Waals surface area contributed by atoms with Crippen molar-refractivity contribution in [2.24, 2.45) is 4.99 Å². The molecule has 5 heteroatoms. The van der Waals surface area contributed by atoms with Crippen molar-refractivity contribution in [1.82, 2.24) is 5.32 Å². The summed E-state index contributed by atoms with van der Waals surface area (Å²) in [6.07, 6.45) is 0.195. The van der Waals surface area contributed by atoms with E-state index in [-0.39, 0.29) is 18.1 Å². The summed E-state index contributed by atoms with van der Waals surface area (Å²) < 4.78 is 13.5. The van der Waals surface area contributed by atoms with E-state index in [1.807, 2.05) is 0 Å². The zero-order valence-electron chi connectivity index (χ0n) is 9.55. The predicted octanol–water partition coefficient (Wildman–Crippen LogP) is 2.33. The lowest BCUT2D eigenvalue weighted by Gasteiger charge is -2.07. The number of carbonyl (C=O) groups excluding carboxylic acids is 1. The molecule has 17 heavy (non-hydrogen) atoms. The Morgan fingerprint density at radius 3 is 2.71 bits per heavy atom. The lowest BCUT2D eigenvalue weighted by atomic mass is 10.1. The number of hydrogen-bond donors (Lipinski definition) is 1. The van der Waals surface area contributed by atoms with Gasteiger partial charge in [-0.15, -0.1) is 0 Å². The second-order valence-electron chi connectivity index (χ2n) is 4.45. The first-order valence-electron chi connectivity index (χ1n) is 5.23. The number of hydrogen-bond acceptors (Lipinski definition) is 2. The van der Waals surface area contributed by atoms with Crippen molar-refractivity contribution >= 4 is 23.3 Å². The Bertz CT molecular complexity index is 491. The minimum atomic E-state index is -0.785. The van der Waals surface area contributed by atoms with Gasteiger partial charge in [0.25, 0.3) is 5.91 Å². The van der Waals surface area contributed by atoms with Crippen molar-refractivity contribution in [3.63, 3.8) is 0 Å². The summed E-state index contributed by atoms with van der Waals surface area (Å²) in [4.78, 5) is 15.7. The van der Waals surface area contributed by atoms with Crippen LogP contribution in [0, 0.1) is 5.82 Å². The minimum Gasteiger partial charge on any atom is -0.312 e. The molecule has 1 aromatic carbocycles. The van der Waals surface area contributed by atoms with Gasteiger partial charge in [-0.3, -0.25) is 9.79 Å². The van der Waals surface area contributed by atoms with Gasteiger partial charge in [-0.25, -0.2) is 4.39 Å². The summed E-state index contributed by atoms with van der Waals surface area (Å²) in [5.74, 6) is -0.119. The van der Waals surface area contributed by atoms with Crippen molar-refractivity contribution in [1.29, 1.82) is 0 Å². The molecule has 0 bridgehead atoms. The highest BCUT2D eigenvalue weighted by molar-refractivity contribution is 6.31. The van der Waals surface area contributed by atoms with Crippen molar-refractivity contribution in [2.45, 2.75) is 25.8 Å². The summed E-state index contributed by atoms with van der Waals surface area (Å²) in [7, 11) is 0. The number of rotatable bonds is 2. The first-order valence-corrected chi connectivity index (χ1v) is 5.61. The third kappa shape index (κ3) is 2.31. The molecule has 1 amide bonds. The molecule has 0 aromatic heterocycles. The second-order valence-corrected chi connectivity index (χ2v) is 4.86. The van der Waals surface area contributed by atoms with Crippen LogP contribution in [0.4, 0.5) is 4.39 Å². The SMILES string of the molecule is CC1(C)N=C(Cc2c(F)cccc2Cl)NC1=O. The first-order chi connectivity index (χ1) is 7.90. The summed E-state index contributed by atoms with van der Waals surface area (Å²) in [6, 6.07) is 4.49. The van der Waals surface area contributed by atoms with E-state index in [4.69, 9.17) is 11.6 Å². The Hall–Kier alpha value is -1.42. The van der Waals surface area contributed by atoms with E-state index >= 15 is 0 Å². The van der Waals surface area contributed by atoms with Gasteiger partial charge >= 0.3 is 0 Å². The molecule has 2 rings (SSSR count). The van der Waals surface area contributed by atoms with Crippen LogP contribution >= 0.6 is 11.6 Å². The van der Waals surface area contributed by atoms with Crippen LogP contribution in [0.1, 0.15) is 19.4 Å². The fourth-order valence-corrected chi connectivity index (χ4v) is 1.88. The molecular weight excluding hydrogens is 243 g/mol. The maximum Gasteiger partial charge on any atom is 0.252 e. The zero-order valence-corrected chi connectivity index (χ0v) is 10.3. The quantitative estimate of drug-likeness (QED) is 0.865. The molecule has 1 aliphatic heterocycles. The number of halogens is 2. The van der Waals surface area contributed by atoms with E-state index in [1.165, 1.54) is 6.07 Å². The van der Waals surface area contributed by atoms with Gasteiger partial charge in [0.15, 0.2) is 0 Å². The molecule has 1 heterocycles. The molecule has 0 fully saturated rings. The molecule has 3 nitrogen and oxygen atoms in total. The molecule has 0 aliphatic carbocycles. The van der Waals surface area contributed by atoms with E-state index in [2.05, 4.69) is 10.3 Å². The number of amidine groups is 1. The minimum absolute atomic E-state index is 0.181. The summed E-state index contributed by atoms with van der Waals surface area (Å²) in [5.41, 5.74) is -0.432. The average Bonchev–Trinajstić information content (AvgIpc) is 2.47. The zero-order chi connectivity index (χ0) is 12.6. The van der Waals surface area contributed by atoms with Gasteiger partial charge in [0.2, 0.25) is 0 Å². The van der Waals surface area contributed by atoms with Crippen LogP contribution in [0.3, 0.4) is 0 Å². The van der Waals surface area contributed by atoms with Crippen molar-refractivity contribution in [3.8, 4) is 0 Å². The Labute approximate surface area is 104 Å². The monoisotopic (exact) mass is 254 g/mol. The fourth-order valence-electron chi connectivity index (χ4n) is 1.65. The highest BCUT2D eigenvalue weighted by Gasteiger charge is 2.34. The molecule has 1 aliphatic rings. The molecule has 0 atom stereocenters. The van der Waals surface area contributed by atoms with E-state index in [9.17, 15) is 9.18 Å². The van der Waals surface area contributed by atoms with Gasteiger partial charge < -0.3 is 5.32 Å². The smallest absolute Gasteiger partial charge is 0.252 e. The molecule has 90 valence electrons. The Balaban J connectivity index is 2.27. The maximum absolute atomic E-state index is 13.5. The predicted molar refractivity (Wildman–Crippen MR) is 64.8 cm³/mol. The van der Waals surface area contributed by atoms with E-state index in [1.54, 1.807) is 26.0 Å². The van der Waals surface area contributed by atoms with Crippen LogP contribution in [0.25, 0.3) is 0 Å². The number of benzene rings is 1. The Morgan fingerprint density at radius 1 is 1.47 bits per heavy atom. The molecular formula is C12H12ClFN2O. The number of nitrogens with one attached hydrogen (secondary N) is 1. The van der Waals surface area contributed by atoms with Gasteiger partial charge in [0.05, 0.1) is 0 Å². The van der Waals surface area contributed by atoms with E-state index < -0.39 is 5.54 Å². The van der Waals surface area contributed by atoms with Crippen LogP contribution in [0.5, 0.6) is 0 Å². The summed E-state index contributed by atoms with van der Waals surface area (Å²) >= 11 is 5.91. The third-order valence-electron chi connectivity index (χ3n) is 2.63. The lowest BCUT2D eigenvalue weighted by molar-refractivity contribution is -0.122. The molecule has 0 saturated carbocycles. The Kier molecular flexibility index (Phi) is 2.91. The highest BCUT2D eigenvalue weighted by atomic mass is 35.5. The van der Waals surface area contributed by atoms with Gasteiger partial charge in [-0.05, 0) is 26.0 Å². The van der Waals surface area contributed by atoms with Crippen LogP contribution in [0.15, 0.2) is 23.2 Å². The topological polar surface area (TPSA) is 41.5 Å². The van der Waals surface area contributed by atoms with Crippen molar-refractivity contribution in [2.75, 3.05) is 0 Å². The number of amides is 1. The number of aliphatic imine (C=N–C) groups is 1. The molecule has 0 saturated heterocycles. The summed E-state index contributed by atoms with van der Waals surface area (Å²) in [5, 5.41) is 2.97. The average molecular weight is 255 g/mol. The van der Waals surface area contributed by atoms with Gasteiger partial charge in [0, 0.05) is 17.0 Å². The van der Waals surface area contributed by atoms with Crippen LogP contribution in [0.2, 0.25) is 5.02 Å². The maximum atomic E-state index is 13.5. The van der Waals surface area contributed by atoms with Crippen LogP contribution < -0.4 is 5.32 Å². The van der Waals surface area contributed by atoms with E-state index in [0.29, 0.717) is 16.4 Å². The van der Waals surface area contributed by atoms with Gasteiger partial charge in [-0.1, -0.05) is 17.7 Å². The molecule has 1 aromatic rings. The molecule has 1 N–H and O–H groups in total. The normalized spacial score (nSPS) is 17.9. The molecule has 0 spiro atoms. The fraction of sp³-hybridized carbons (Fsp3) is 0.333. The van der Waals surface area contributed by atoms with Crippen LogP contribution in [-0.2, 0) is 11.2 Å².